The Bertz CT molecular complexity index is 945. The molecule has 1 aliphatic heterocycles. The molecule has 1 amide bonds. The predicted molar refractivity (Wildman–Crippen MR) is 134 cm³/mol. The van der Waals surface area contributed by atoms with Crippen molar-refractivity contribution in [2.45, 2.75) is 95.7 Å². The average molecular weight is 472 g/mol. The van der Waals surface area contributed by atoms with Crippen molar-refractivity contribution in [2.75, 3.05) is 32.1 Å². The summed E-state index contributed by atoms with van der Waals surface area (Å²) in [5.74, 6) is 1.27. The fourth-order valence-electron chi connectivity index (χ4n) is 5.58. The second-order valence-electron chi connectivity index (χ2n) is 10.1. The lowest BCUT2D eigenvalue weighted by atomic mass is 9.89. The van der Waals surface area contributed by atoms with Crippen molar-refractivity contribution in [1.82, 2.24) is 19.4 Å². The minimum Gasteiger partial charge on any atom is -0.393 e. The third-order valence-corrected chi connectivity index (χ3v) is 7.57. The van der Waals surface area contributed by atoms with E-state index in [1.165, 1.54) is 5.56 Å². The molecule has 2 fully saturated rings. The fraction of sp³-hybridized carbons (Fsp3) is 0.731. The lowest BCUT2D eigenvalue weighted by molar-refractivity contribution is -0.133. The van der Waals surface area contributed by atoms with Gasteiger partial charge in [-0.15, -0.1) is 0 Å². The number of aromatic nitrogens is 3. The summed E-state index contributed by atoms with van der Waals surface area (Å²) in [5.41, 5.74) is 2.30. The SMILES string of the molecule is CCCC(C)Nc1ncc2c(C3CCN(C(=O)CCOC)CC3)cn(C3CCC(O)CC3)c2n1. The molecular formula is C26H41N5O3. The molecule has 8 heteroatoms. The van der Waals surface area contributed by atoms with Gasteiger partial charge in [-0.1, -0.05) is 13.3 Å². The number of anilines is 1. The van der Waals surface area contributed by atoms with Gasteiger partial charge in [-0.3, -0.25) is 4.79 Å². The van der Waals surface area contributed by atoms with Crippen molar-refractivity contribution in [3.63, 3.8) is 0 Å². The van der Waals surface area contributed by atoms with E-state index in [0.717, 1.165) is 75.5 Å². The van der Waals surface area contributed by atoms with E-state index in [-0.39, 0.29) is 12.0 Å². The van der Waals surface area contributed by atoms with Crippen LogP contribution in [0.5, 0.6) is 0 Å². The van der Waals surface area contributed by atoms with Gasteiger partial charge < -0.3 is 24.6 Å². The van der Waals surface area contributed by atoms with E-state index in [0.29, 0.717) is 37.0 Å². The molecule has 1 unspecified atom stereocenters. The summed E-state index contributed by atoms with van der Waals surface area (Å²) in [6, 6.07) is 0.682. The average Bonchev–Trinajstić information content (AvgIpc) is 3.22. The van der Waals surface area contributed by atoms with Crippen LogP contribution in [-0.2, 0) is 9.53 Å². The summed E-state index contributed by atoms with van der Waals surface area (Å²) in [6.07, 6.45) is 12.3. The number of hydrogen-bond donors (Lipinski definition) is 2. The minimum atomic E-state index is -0.181. The van der Waals surface area contributed by atoms with Gasteiger partial charge in [-0.2, -0.15) is 4.98 Å². The molecule has 8 nitrogen and oxygen atoms in total. The molecule has 1 saturated heterocycles. The Hall–Kier alpha value is -2.19. The number of carbonyl (C=O) groups is 1. The van der Waals surface area contributed by atoms with Gasteiger partial charge in [-0.25, -0.2) is 4.98 Å². The molecule has 2 N–H and O–H groups in total. The summed E-state index contributed by atoms with van der Waals surface area (Å²) < 4.78 is 7.42. The number of hydrogen-bond acceptors (Lipinski definition) is 6. The highest BCUT2D eigenvalue weighted by Gasteiger charge is 2.29. The standard InChI is InChI=1S/C26H41N5O3/c1-4-5-18(2)28-26-27-16-22-23(19-10-13-30(14-11-19)24(33)12-15-34-3)17-31(25(22)29-26)20-6-8-21(32)9-7-20/h16-21,32H,4-15H2,1-3H3,(H,27,28,29). The van der Waals surface area contributed by atoms with E-state index in [2.05, 4.69) is 34.9 Å². The number of ether oxygens (including phenoxy) is 1. The van der Waals surface area contributed by atoms with E-state index < -0.39 is 0 Å². The summed E-state index contributed by atoms with van der Waals surface area (Å²) in [4.78, 5) is 24.1. The summed E-state index contributed by atoms with van der Waals surface area (Å²) in [7, 11) is 1.63. The molecular weight excluding hydrogens is 430 g/mol. The highest BCUT2D eigenvalue weighted by Crippen LogP contribution is 2.38. The van der Waals surface area contributed by atoms with Crippen LogP contribution in [0.2, 0.25) is 0 Å². The van der Waals surface area contributed by atoms with Gasteiger partial charge in [0.1, 0.15) is 5.65 Å². The number of piperidine rings is 1. The van der Waals surface area contributed by atoms with Crippen molar-refractivity contribution in [2.24, 2.45) is 0 Å². The Morgan fingerprint density at radius 3 is 2.65 bits per heavy atom. The molecule has 0 spiro atoms. The Morgan fingerprint density at radius 2 is 1.97 bits per heavy atom. The maximum absolute atomic E-state index is 12.4. The van der Waals surface area contributed by atoms with Crippen molar-refractivity contribution in [3.8, 4) is 0 Å². The van der Waals surface area contributed by atoms with Gasteiger partial charge >= 0.3 is 0 Å². The molecule has 0 radical (unpaired) electrons. The highest BCUT2D eigenvalue weighted by atomic mass is 16.5. The van der Waals surface area contributed by atoms with E-state index >= 15 is 0 Å². The van der Waals surface area contributed by atoms with Gasteiger partial charge in [-0.05, 0) is 63.4 Å². The monoisotopic (exact) mass is 471 g/mol. The van der Waals surface area contributed by atoms with Crippen LogP contribution < -0.4 is 5.32 Å². The lowest BCUT2D eigenvalue weighted by Gasteiger charge is -2.32. The molecule has 3 heterocycles. The van der Waals surface area contributed by atoms with Gasteiger partial charge in [0, 0.05) is 50.1 Å². The van der Waals surface area contributed by atoms with Crippen molar-refractivity contribution < 1.29 is 14.6 Å². The first-order valence-corrected chi connectivity index (χ1v) is 13.1. The molecule has 2 aliphatic rings. The number of carbonyl (C=O) groups excluding carboxylic acids is 1. The lowest BCUT2D eigenvalue weighted by Crippen LogP contribution is -2.38. The van der Waals surface area contributed by atoms with Crippen molar-refractivity contribution in [3.05, 3.63) is 18.0 Å². The van der Waals surface area contributed by atoms with Crippen LogP contribution in [-0.4, -0.2) is 69.4 Å². The van der Waals surface area contributed by atoms with Crippen LogP contribution in [0, 0.1) is 0 Å². The quantitative estimate of drug-likeness (QED) is 0.568. The van der Waals surface area contributed by atoms with Crippen molar-refractivity contribution >= 4 is 22.9 Å². The number of nitrogens with one attached hydrogen (secondary N) is 1. The number of aliphatic hydroxyl groups is 1. The van der Waals surface area contributed by atoms with E-state index in [9.17, 15) is 9.90 Å². The van der Waals surface area contributed by atoms with Crippen LogP contribution >= 0.6 is 0 Å². The first kappa shape index (κ1) is 24.9. The molecule has 0 aromatic carbocycles. The fourth-order valence-corrected chi connectivity index (χ4v) is 5.58. The zero-order chi connectivity index (χ0) is 24.1. The topological polar surface area (TPSA) is 92.5 Å². The number of amides is 1. The Morgan fingerprint density at radius 1 is 1.24 bits per heavy atom. The number of rotatable bonds is 9. The normalized spacial score (nSPS) is 22.8. The summed E-state index contributed by atoms with van der Waals surface area (Å²) >= 11 is 0. The van der Waals surface area contributed by atoms with E-state index in [4.69, 9.17) is 9.72 Å². The molecule has 1 aliphatic carbocycles. The Kier molecular flexibility index (Phi) is 8.42. The number of fused-ring (bicyclic) bond motifs is 1. The molecule has 34 heavy (non-hydrogen) atoms. The van der Waals surface area contributed by atoms with Crippen molar-refractivity contribution in [1.29, 1.82) is 0 Å². The highest BCUT2D eigenvalue weighted by molar-refractivity contribution is 5.82. The minimum absolute atomic E-state index is 0.181. The third kappa shape index (κ3) is 5.71. The number of methoxy groups -OCH3 is 1. The molecule has 188 valence electrons. The van der Waals surface area contributed by atoms with Gasteiger partial charge in [0.25, 0.3) is 0 Å². The van der Waals surface area contributed by atoms with Crippen LogP contribution in [0.3, 0.4) is 0 Å². The van der Waals surface area contributed by atoms with Crippen LogP contribution in [0.15, 0.2) is 12.4 Å². The zero-order valence-corrected chi connectivity index (χ0v) is 21.0. The Labute approximate surface area is 203 Å². The molecule has 2 aromatic heterocycles. The molecule has 0 bridgehead atoms. The summed E-state index contributed by atoms with van der Waals surface area (Å²) in [6.45, 7) is 6.40. The van der Waals surface area contributed by atoms with E-state index in [1.807, 2.05) is 11.1 Å². The second kappa shape index (κ2) is 11.5. The number of nitrogens with zero attached hydrogens (tertiary/aromatic N) is 4. The van der Waals surface area contributed by atoms with Gasteiger partial charge in [0.15, 0.2) is 0 Å². The van der Waals surface area contributed by atoms with Crippen LogP contribution in [0.25, 0.3) is 11.0 Å². The van der Waals surface area contributed by atoms with Crippen LogP contribution in [0.1, 0.15) is 89.2 Å². The zero-order valence-electron chi connectivity index (χ0n) is 21.0. The Balaban J connectivity index is 1.57. The largest absolute Gasteiger partial charge is 0.393 e. The molecule has 4 rings (SSSR count). The number of aliphatic hydroxyl groups excluding tert-OH is 1. The van der Waals surface area contributed by atoms with E-state index in [1.54, 1.807) is 7.11 Å². The second-order valence-corrected chi connectivity index (χ2v) is 10.1. The maximum Gasteiger partial charge on any atom is 0.224 e. The summed E-state index contributed by atoms with van der Waals surface area (Å²) in [5, 5.41) is 14.6. The molecule has 2 aromatic rings. The van der Waals surface area contributed by atoms with Gasteiger partial charge in [0.2, 0.25) is 11.9 Å². The first-order chi connectivity index (χ1) is 16.5. The number of likely N-dealkylation sites (tertiary alicyclic amines) is 1. The van der Waals surface area contributed by atoms with Crippen LogP contribution in [0.4, 0.5) is 5.95 Å². The van der Waals surface area contributed by atoms with Gasteiger partial charge in [0.05, 0.1) is 19.1 Å². The smallest absolute Gasteiger partial charge is 0.224 e. The third-order valence-electron chi connectivity index (χ3n) is 7.57. The molecule has 1 atom stereocenters. The predicted octanol–water partition coefficient (Wildman–Crippen LogP) is 4.25. The maximum atomic E-state index is 12.4. The first-order valence-electron chi connectivity index (χ1n) is 13.1. The molecule has 1 saturated carbocycles.